The number of piperidine rings is 1. The van der Waals surface area contributed by atoms with Crippen molar-refractivity contribution in [2.75, 3.05) is 45.2 Å². The summed E-state index contributed by atoms with van der Waals surface area (Å²) >= 11 is 1.96. The molecule has 0 aromatic rings. The molecular weight excluding hydrogens is 246 g/mol. The molecule has 1 atom stereocenters. The summed E-state index contributed by atoms with van der Waals surface area (Å²) in [6.07, 6.45) is 2.91. The molecule has 2 fully saturated rings. The zero-order valence-corrected chi connectivity index (χ0v) is 12.3. The van der Waals surface area contributed by atoms with Crippen molar-refractivity contribution in [3.8, 4) is 0 Å². The molecule has 0 aromatic heterocycles. The molecule has 2 aliphatic heterocycles. The first-order valence-corrected chi connectivity index (χ1v) is 8.07. The first-order valence-electron chi connectivity index (χ1n) is 6.92. The van der Waals surface area contributed by atoms with Crippen molar-refractivity contribution in [3.05, 3.63) is 0 Å². The van der Waals surface area contributed by atoms with Crippen LogP contribution in [0.2, 0.25) is 0 Å². The van der Waals surface area contributed by atoms with E-state index in [1.807, 2.05) is 11.8 Å². The fourth-order valence-corrected chi connectivity index (χ4v) is 3.67. The van der Waals surface area contributed by atoms with Crippen LogP contribution < -0.4 is 5.32 Å². The highest BCUT2D eigenvalue weighted by Crippen LogP contribution is 2.17. The van der Waals surface area contributed by atoms with Crippen molar-refractivity contribution in [1.29, 1.82) is 0 Å². The van der Waals surface area contributed by atoms with Gasteiger partial charge in [0.2, 0.25) is 5.91 Å². The van der Waals surface area contributed by atoms with E-state index < -0.39 is 0 Å². The number of hydrogen-bond acceptors (Lipinski definition) is 4. The average Bonchev–Trinajstić information content (AvgIpc) is 2.40. The molecule has 18 heavy (non-hydrogen) atoms. The summed E-state index contributed by atoms with van der Waals surface area (Å²) in [5.41, 5.74) is 0. The van der Waals surface area contributed by atoms with E-state index in [4.69, 9.17) is 0 Å². The normalized spacial score (nSPS) is 26.6. The second kappa shape index (κ2) is 6.78. The van der Waals surface area contributed by atoms with Crippen LogP contribution in [-0.2, 0) is 4.79 Å². The Bertz CT molecular complexity index is 271. The summed E-state index contributed by atoms with van der Waals surface area (Å²) in [6.45, 7) is 2.91. The number of hydrogen-bond donors (Lipinski definition) is 1. The third-order valence-corrected chi connectivity index (χ3v) is 5.10. The Morgan fingerprint density at radius 1 is 1.39 bits per heavy atom. The number of rotatable bonds is 3. The lowest BCUT2D eigenvalue weighted by Crippen LogP contribution is -2.47. The Labute approximate surface area is 114 Å². The van der Waals surface area contributed by atoms with Crippen molar-refractivity contribution in [3.63, 3.8) is 0 Å². The van der Waals surface area contributed by atoms with Crippen LogP contribution in [0.3, 0.4) is 0 Å². The van der Waals surface area contributed by atoms with E-state index in [0.29, 0.717) is 24.4 Å². The average molecular weight is 271 g/mol. The minimum Gasteiger partial charge on any atom is -0.343 e. The first-order chi connectivity index (χ1) is 8.66. The monoisotopic (exact) mass is 271 g/mol. The number of nitrogens with one attached hydrogen (secondary N) is 1. The minimum atomic E-state index is 0.340. The first kappa shape index (κ1) is 14.2. The van der Waals surface area contributed by atoms with Crippen LogP contribution in [0.5, 0.6) is 0 Å². The molecule has 2 saturated heterocycles. The summed E-state index contributed by atoms with van der Waals surface area (Å²) in [7, 11) is 4.26. The van der Waals surface area contributed by atoms with Gasteiger partial charge in [-0.1, -0.05) is 0 Å². The molecule has 2 aliphatic rings. The maximum atomic E-state index is 12.2. The number of carbonyl (C=O) groups is 1. The molecule has 0 bridgehead atoms. The van der Waals surface area contributed by atoms with Gasteiger partial charge in [-0.05, 0) is 26.9 Å². The molecule has 2 rings (SSSR count). The van der Waals surface area contributed by atoms with E-state index in [1.54, 1.807) is 0 Å². The molecule has 0 spiro atoms. The van der Waals surface area contributed by atoms with E-state index in [0.717, 1.165) is 38.2 Å². The predicted octanol–water partition coefficient (Wildman–Crippen LogP) is 0.634. The molecule has 0 radical (unpaired) electrons. The van der Waals surface area contributed by atoms with Gasteiger partial charge in [0, 0.05) is 49.6 Å². The summed E-state index contributed by atoms with van der Waals surface area (Å²) < 4.78 is 0. The molecular formula is C13H25N3OS. The van der Waals surface area contributed by atoms with Crippen molar-refractivity contribution in [2.45, 2.75) is 31.3 Å². The minimum absolute atomic E-state index is 0.340. The van der Waals surface area contributed by atoms with Crippen molar-refractivity contribution in [1.82, 2.24) is 15.1 Å². The zero-order valence-electron chi connectivity index (χ0n) is 11.5. The quantitative estimate of drug-likeness (QED) is 0.817. The molecule has 1 amide bonds. The van der Waals surface area contributed by atoms with Gasteiger partial charge >= 0.3 is 0 Å². The van der Waals surface area contributed by atoms with Gasteiger partial charge in [-0.2, -0.15) is 11.8 Å². The second-order valence-corrected chi connectivity index (χ2v) is 6.66. The van der Waals surface area contributed by atoms with Gasteiger partial charge in [-0.15, -0.1) is 0 Å². The van der Waals surface area contributed by atoms with E-state index >= 15 is 0 Å². The van der Waals surface area contributed by atoms with E-state index in [1.165, 1.54) is 5.75 Å². The lowest BCUT2D eigenvalue weighted by molar-refractivity contribution is -0.133. The molecule has 4 nitrogen and oxygen atoms in total. The van der Waals surface area contributed by atoms with Crippen molar-refractivity contribution in [2.24, 2.45) is 0 Å². The number of carbonyl (C=O) groups excluding carboxylic acids is 1. The van der Waals surface area contributed by atoms with Gasteiger partial charge < -0.3 is 15.1 Å². The molecule has 1 unspecified atom stereocenters. The van der Waals surface area contributed by atoms with Gasteiger partial charge in [0.25, 0.3) is 0 Å². The third kappa shape index (κ3) is 3.87. The van der Waals surface area contributed by atoms with Gasteiger partial charge in [-0.25, -0.2) is 0 Å². The molecule has 0 saturated carbocycles. The standard InChI is InChI=1S/C13H25N3OS/c1-15(2)12-3-6-16(7-4-12)13(17)9-11-10-18-8-5-14-11/h11-12,14H,3-10H2,1-2H3. The predicted molar refractivity (Wildman–Crippen MR) is 77.0 cm³/mol. The highest BCUT2D eigenvalue weighted by Gasteiger charge is 2.25. The fraction of sp³-hybridized carbons (Fsp3) is 0.923. The van der Waals surface area contributed by atoms with Gasteiger partial charge in [0.1, 0.15) is 0 Å². The number of amides is 1. The summed E-state index contributed by atoms with van der Waals surface area (Å²) in [4.78, 5) is 16.5. The lowest BCUT2D eigenvalue weighted by atomic mass is 10.0. The Morgan fingerprint density at radius 2 is 2.11 bits per heavy atom. The van der Waals surface area contributed by atoms with E-state index in [2.05, 4.69) is 29.2 Å². The summed E-state index contributed by atoms with van der Waals surface area (Å²) in [5.74, 6) is 2.60. The van der Waals surface area contributed by atoms with Crippen LogP contribution in [0.15, 0.2) is 0 Å². The molecule has 2 heterocycles. The van der Waals surface area contributed by atoms with Crippen LogP contribution in [0, 0.1) is 0 Å². The van der Waals surface area contributed by atoms with Crippen LogP contribution in [-0.4, -0.2) is 73.0 Å². The van der Waals surface area contributed by atoms with E-state index in [-0.39, 0.29) is 0 Å². The van der Waals surface area contributed by atoms with Gasteiger partial charge in [0.05, 0.1) is 0 Å². The second-order valence-electron chi connectivity index (χ2n) is 5.51. The topological polar surface area (TPSA) is 35.6 Å². The van der Waals surface area contributed by atoms with Crippen molar-refractivity contribution < 1.29 is 4.79 Å². The van der Waals surface area contributed by atoms with Crippen LogP contribution in [0.1, 0.15) is 19.3 Å². The Kier molecular flexibility index (Phi) is 5.33. The molecule has 1 N–H and O–H groups in total. The van der Waals surface area contributed by atoms with Crippen LogP contribution in [0.25, 0.3) is 0 Å². The molecule has 104 valence electrons. The Balaban J connectivity index is 1.73. The smallest absolute Gasteiger partial charge is 0.224 e. The van der Waals surface area contributed by atoms with Gasteiger partial charge in [-0.3, -0.25) is 4.79 Å². The third-order valence-electron chi connectivity index (χ3n) is 3.97. The van der Waals surface area contributed by atoms with E-state index in [9.17, 15) is 4.79 Å². The van der Waals surface area contributed by atoms with Crippen LogP contribution in [0.4, 0.5) is 0 Å². The fourth-order valence-electron chi connectivity index (χ4n) is 2.72. The number of likely N-dealkylation sites (tertiary alicyclic amines) is 1. The SMILES string of the molecule is CN(C)C1CCN(C(=O)CC2CSCCN2)CC1. The maximum Gasteiger partial charge on any atom is 0.224 e. The Morgan fingerprint density at radius 3 is 2.67 bits per heavy atom. The van der Waals surface area contributed by atoms with Gasteiger partial charge in [0.15, 0.2) is 0 Å². The molecule has 0 aliphatic carbocycles. The highest BCUT2D eigenvalue weighted by molar-refractivity contribution is 7.99. The number of thioether (sulfide) groups is 1. The maximum absolute atomic E-state index is 12.2. The lowest BCUT2D eigenvalue weighted by Gasteiger charge is -2.36. The summed E-state index contributed by atoms with van der Waals surface area (Å²) in [5, 5.41) is 3.44. The molecule has 0 aromatic carbocycles. The molecule has 5 heteroatoms. The largest absolute Gasteiger partial charge is 0.343 e. The van der Waals surface area contributed by atoms with Crippen LogP contribution >= 0.6 is 11.8 Å². The zero-order chi connectivity index (χ0) is 13.0. The highest BCUT2D eigenvalue weighted by atomic mass is 32.2. The number of nitrogens with zero attached hydrogens (tertiary/aromatic N) is 2. The Hall–Kier alpha value is -0.260. The van der Waals surface area contributed by atoms with Crippen molar-refractivity contribution >= 4 is 17.7 Å². The summed E-state index contributed by atoms with van der Waals surface area (Å²) in [6, 6.07) is 1.04.